The van der Waals surface area contributed by atoms with E-state index in [0.29, 0.717) is 6.54 Å². The molecular weight excluding hydrogens is 270 g/mol. The van der Waals surface area contributed by atoms with E-state index in [0.717, 1.165) is 22.0 Å². The van der Waals surface area contributed by atoms with Crippen LogP contribution in [0.5, 0.6) is 0 Å². The number of nitrogens with one attached hydrogen (secondary N) is 1. The summed E-state index contributed by atoms with van der Waals surface area (Å²) in [5.74, 6) is -0.0772. The van der Waals surface area contributed by atoms with Crippen molar-refractivity contribution in [2.45, 2.75) is 20.8 Å². The molecule has 0 fully saturated rings. The van der Waals surface area contributed by atoms with Gasteiger partial charge in [-0.25, -0.2) is 4.98 Å². The molecule has 4 nitrogen and oxygen atoms in total. The zero-order chi connectivity index (χ0) is 14.8. The van der Waals surface area contributed by atoms with E-state index in [-0.39, 0.29) is 5.91 Å². The highest BCUT2D eigenvalue weighted by molar-refractivity contribution is 7.09. The first-order chi connectivity index (χ1) is 9.42. The summed E-state index contributed by atoms with van der Waals surface area (Å²) in [5, 5.41) is 5.95. The summed E-state index contributed by atoms with van der Waals surface area (Å²) in [6.07, 6.45) is 0. The summed E-state index contributed by atoms with van der Waals surface area (Å²) < 4.78 is 0. The molecule has 3 N–H and O–H groups in total. The van der Waals surface area contributed by atoms with Gasteiger partial charge < -0.3 is 11.1 Å². The number of hydrogen-bond acceptors (Lipinski definition) is 4. The smallest absolute Gasteiger partial charge is 0.231 e. The molecule has 0 radical (unpaired) electrons. The van der Waals surface area contributed by atoms with Crippen molar-refractivity contribution in [3.8, 4) is 11.3 Å². The first-order valence-corrected chi connectivity index (χ1v) is 7.34. The van der Waals surface area contributed by atoms with E-state index in [2.05, 4.69) is 10.3 Å². The molecular formula is C15H19N3OS. The van der Waals surface area contributed by atoms with Crippen LogP contribution in [0.15, 0.2) is 29.6 Å². The summed E-state index contributed by atoms with van der Waals surface area (Å²) >= 11 is 1.61. The van der Waals surface area contributed by atoms with Gasteiger partial charge in [-0.3, -0.25) is 4.79 Å². The number of carbonyl (C=O) groups is 1. The van der Waals surface area contributed by atoms with Crippen molar-refractivity contribution < 1.29 is 4.79 Å². The molecule has 0 spiro atoms. The number of benzene rings is 1. The molecule has 0 saturated carbocycles. The van der Waals surface area contributed by atoms with E-state index in [1.165, 1.54) is 0 Å². The van der Waals surface area contributed by atoms with E-state index in [9.17, 15) is 4.79 Å². The molecule has 0 saturated heterocycles. The first-order valence-electron chi connectivity index (χ1n) is 6.46. The van der Waals surface area contributed by atoms with Gasteiger partial charge in [0.1, 0.15) is 0 Å². The third kappa shape index (κ3) is 3.23. The van der Waals surface area contributed by atoms with Gasteiger partial charge in [0.25, 0.3) is 0 Å². The van der Waals surface area contributed by atoms with Crippen LogP contribution >= 0.6 is 11.3 Å². The Morgan fingerprint density at radius 2 is 2.20 bits per heavy atom. The number of carbonyl (C=O) groups excluding carboxylic acids is 1. The van der Waals surface area contributed by atoms with E-state index in [4.69, 9.17) is 5.73 Å². The number of rotatable bonds is 4. The molecule has 1 aromatic heterocycles. The van der Waals surface area contributed by atoms with Crippen LogP contribution in [-0.4, -0.2) is 17.4 Å². The van der Waals surface area contributed by atoms with Crippen molar-refractivity contribution in [2.24, 2.45) is 11.1 Å². The Kier molecular flexibility index (Phi) is 4.20. The summed E-state index contributed by atoms with van der Waals surface area (Å²) in [6, 6.07) is 7.69. The zero-order valence-electron chi connectivity index (χ0n) is 11.9. The largest absolute Gasteiger partial charge is 0.329 e. The van der Waals surface area contributed by atoms with Gasteiger partial charge in [0, 0.05) is 23.2 Å². The van der Waals surface area contributed by atoms with Gasteiger partial charge in [0.2, 0.25) is 5.91 Å². The Labute approximate surface area is 123 Å². The van der Waals surface area contributed by atoms with Crippen LogP contribution in [0.2, 0.25) is 0 Å². The van der Waals surface area contributed by atoms with Gasteiger partial charge in [-0.1, -0.05) is 12.1 Å². The molecule has 2 rings (SSSR count). The normalized spacial score (nSPS) is 11.4. The average Bonchev–Trinajstić information content (AvgIpc) is 2.85. The Hall–Kier alpha value is -1.72. The zero-order valence-corrected chi connectivity index (χ0v) is 12.8. The second-order valence-electron chi connectivity index (χ2n) is 5.37. The SMILES string of the molecule is Cc1nc(-c2cccc(NC(=O)C(C)(C)CN)c2)cs1. The Balaban J connectivity index is 2.21. The maximum absolute atomic E-state index is 12.1. The highest BCUT2D eigenvalue weighted by atomic mass is 32.1. The van der Waals surface area contributed by atoms with E-state index >= 15 is 0 Å². The average molecular weight is 289 g/mol. The van der Waals surface area contributed by atoms with Gasteiger partial charge in [-0.15, -0.1) is 11.3 Å². The minimum Gasteiger partial charge on any atom is -0.329 e. The summed E-state index contributed by atoms with van der Waals surface area (Å²) in [4.78, 5) is 16.6. The summed E-state index contributed by atoms with van der Waals surface area (Å²) in [7, 11) is 0. The number of hydrogen-bond donors (Lipinski definition) is 2. The van der Waals surface area contributed by atoms with Crippen LogP contribution in [0.25, 0.3) is 11.3 Å². The molecule has 106 valence electrons. The quantitative estimate of drug-likeness (QED) is 0.909. The lowest BCUT2D eigenvalue weighted by Crippen LogP contribution is -2.37. The second kappa shape index (κ2) is 5.73. The van der Waals surface area contributed by atoms with Crippen LogP contribution in [-0.2, 0) is 4.79 Å². The summed E-state index contributed by atoms with van der Waals surface area (Å²) in [5.41, 5.74) is 7.73. The first kappa shape index (κ1) is 14.7. The van der Waals surface area contributed by atoms with Gasteiger partial charge in [0.15, 0.2) is 0 Å². The molecule has 0 atom stereocenters. The Morgan fingerprint density at radius 3 is 2.80 bits per heavy atom. The van der Waals surface area contributed by atoms with Gasteiger partial charge in [-0.05, 0) is 32.9 Å². The number of anilines is 1. The monoisotopic (exact) mass is 289 g/mol. The molecule has 0 aliphatic heterocycles. The third-order valence-corrected chi connectivity index (χ3v) is 3.93. The van der Waals surface area contributed by atoms with Crippen molar-refractivity contribution in [1.29, 1.82) is 0 Å². The van der Waals surface area contributed by atoms with E-state index < -0.39 is 5.41 Å². The van der Waals surface area contributed by atoms with E-state index in [1.54, 1.807) is 11.3 Å². The number of nitrogens with zero attached hydrogens (tertiary/aromatic N) is 1. The fraction of sp³-hybridized carbons (Fsp3) is 0.333. The second-order valence-corrected chi connectivity index (χ2v) is 6.44. The molecule has 0 aliphatic carbocycles. The number of aryl methyl sites for hydroxylation is 1. The van der Waals surface area contributed by atoms with Gasteiger partial charge in [0.05, 0.1) is 16.1 Å². The molecule has 2 aromatic rings. The molecule has 5 heteroatoms. The predicted molar refractivity (Wildman–Crippen MR) is 83.8 cm³/mol. The van der Waals surface area contributed by atoms with Crippen molar-refractivity contribution in [3.05, 3.63) is 34.7 Å². The number of thiazole rings is 1. The highest BCUT2D eigenvalue weighted by Gasteiger charge is 2.25. The maximum Gasteiger partial charge on any atom is 0.231 e. The maximum atomic E-state index is 12.1. The number of aromatic nitrogens is 1. The number of amides is 1. The van der Waals surface area contributed by atoms with Crippen LogP contribution in [0.3, 0.4) is 0 Å². The molecule has 1 amide bonds. The van der Waals surface area contributed by atoms with Crippen molar-refractivity contribution in [1.82, 2.24) is 4.98 Å². The van der Waals surface area contributed by atoms with Crippen molar-refractivity contribution in [2.75, 3.05) is 11.9 Å². The Bertz CT molecular complexity index is 619. The molecule has 0 bridgehead atoms. The predicted octanol–water partition coefficient (Wildman–Crippen LogP) is 3.04. The van der Waals surface area contributed by atoms with Crippen LogP contribution in [0.4, 0.5) is 5.69 Å². The van der Waals surface area contributed by atoms with Crippen LogP contribution < -0.4 is 11.1 Å². The topological polar surface area (TPSA) is 68.0 Å². The molecule has 20 heavy (non-hydrogen) atoms. The minimum absolute atomic E-state index is 0.0772. The minimum atomic E-state index is -0.576. The highest BCUT2D eigenvalue weighted by Crippen LogP contribution is 2.25. The third-order valence-electron chi connectivity index (χ3n) is 3.16. The molecule has 0 unspecified atom stereocenters. The van der Waals surface area contributed by atoms with Crippen LogP contribution in [0, 0.1) is 12.3 Å². The van der Waals surface area contributed by atoms with Gasteiger partial charge in [-0.2, -0.15) is 0 Å². The fourth-order valence-corrected chi connectivity index (χ4v) is 2.27. The van der Waals surface area contributed by atoms with Crippen molar-refractivity contribution in [3.63, 3.8) is 0 Å². The standard InChI is InChI=1S/C15H19N3OS/c1-10-17-13(8-20-10)11-5-4-6-12(7-11)18-14(19)15(2,3)9-16/h4-8H,9,16H2,1-3H3,(H,18,19). The number of nitrogens with two attached hydrogens (primary N) is 1. The lowest BCUT2D eigenvalue weighted by molar-refractivity contribution is -0.123. The lowest BCUT2D eigenvalue weighted by atomic mass is 9.92. The molecule has 1 aromatic carbocycles. The summed E-state index contributed by atoms with van der Waals surface area (Å²) in [6.45, 7) is 5.94. The Morgan fingerprint density at radius 1 is 1.45 bits per heavy atom. The van der Waals surface area contributed by atoms with Crippen LogP contribution in [0.1, 0.15) is 18.9 Å². The van der Waals surface area contributed by atoms with Gasteiger partial charge >= 0.3 is 0 Å². The fourth-order valence-electron chi connectivity index (χ4n) is 1.65. The molecule has 0 aliphatic rings. The lowest BCUT2D eigenvalue weighted by Gasteiger charge is -2.21. The van der Waals surface area contributed by atoms with E-state index in [1.807, 2.05) is 50.4 Å². The molecule has 1 heterocycles. The van der Waals surface area contributed by atoms with Crippen molar-refractivity contribution >= 4 is 22.9 Å².